The summed E-state index contributed by atoms with van der Waals surface area (Å²) in [5.74, 6) is 2.67. The van der Waals surface area contributed by atoms with Crippen LogP contribution in [-0.4, -0.2) is 13.0 Å². The highest BCUT2D eigenvalue weighted by Crippen LogP contribution is 2.47. The minimum atomic E-state index is 0.0266. The molecule has 112 valence electrons. The third-order valence-corrected chi connectivity index (χ3v) is 5.13. The number of allylic oxidation sites excluding steroid dienone is 2. The van der Waals surface area contributed by atoms with Crippen molar-refractivity contribution in [3.63, 3.8) is 0 Å². The van der Waals surface area contributed by atoms with E-state index in [0.717, 1.165) is 17.7 Å². The van der Waals surface area contributed by atoms with Gasteiger partial charge >= 0.3 is 0 Å². The number of hydrogen-bond acceptors (Lipinski definition) is 2. The van der Waals surface area contributed by atoms with Crippen molar-refractivity contribution in [2.45, 2.75) is 26.3 Å². The van der Waals surface area contributed by atoms with E-state index in [-0.39, 0.29) is 17.9 Å². The first-order valence-corrected chi connectivity index (χ1v) is 7.73. The molecule has 2 aliphatic rings. The van der Waals surface area contributed by atoms with Crippen LogP contribution in [0.25, 0.3) is 0 Å². The van der Waals surface area contributed by atoms with Crippen molar-refractivity contribution < 1.29 is 9.53 Å². The SMILES string of the molecule is COc1ccc([C@@H](C)NC(=O)C2[C@@H](C)[C@@H]3C=C[C@H]2C3)cc1. The summed E-state index contributed by atoms with van der Waals surface area (Å²) in [5.41, 5.74) is 1.11. The zero-order valence-electron chi connectivity index (χ0n) is 12.9. The Hall–Kier alpha value is -1.77. The minimum Gasteiger partial charge on any atom is -0.497 e. The van der Waals surface area contributed by atoms with Gasteiger partial charge in [-0.15, -0.1) is 0 Å². The number of rotatable bonds is 4. The van der Waals surface area contributed by atoms with E-state index in [4.69, 9.17) is 4.74 Å². The summed E-state index contributed by atoms with van der Waals surface area (Å²) >= 11 is 0. The van der Waals surface area contributed by atoms with Gasteiger partial charge in [0.1, 0.15) is 5.75 Å². The largest absolute Gasteiger partial charge is 0.497 e. The molecular weight excluding hydrogens is 262 g/mol. The quantitative estimate of drug-likeness (QED) is 0.862. The van der Waals surface area contributed by atoms with Crippen molar-refractivity contribution >= 4 is 5.91 Å². The van der Waals surface area contributed by atoms with E-state index in [9.17, 15) is 4.79 Å². The Morgan fingerprint density at radius 1 is 1.24 bits per heavy atom. The zero-order chi connectivity index (χ0) is 15.0. The normalized spacial score (nSPS) is 31.2. The summed E-state index contributed by atoms with van der Waals surface area (Å²) in [6.07, 6.45) is 5.66. The maximum absolute atomic E-state index is 12.6. The molecule has 1 aromatic rings. The number of amides is 1. The third-order valence-electron chi connectivity index (χ3n) is 5.13. The van der Waals surface area contributed by atoms with Crippen molar-refractivity contribution in [2.24, 2.45) is 23.7 Å². The number of fused-ring (bicyclic) bond motifs is 2. The van der Waals surface area contributed by atoms with Crippen LogP contribution < -0.4 is 10.1 Å². The Morgan fingerprint density at radius 2 is 1.90 bits per heavy atom. The Balaban J connectivity index is 1.65. The molecule has 0 radical (unpaired) electrons. The van der Waals surface area contributed by atoms with Gasteiger partial charge in [0, 0.05) is 5.92 Å². The highest BCUT2D eigenvalue weighted by molar-refractivity contribution is 5.80. The molecule has 2 bridgehead atoms. The van der Waals surface area contributed by atoms with E-state index in [0.29, 0.717) is 17.8 Å². The van der Waals surface area contributed by atoms with Gasteiger partial charge < -0.3 is 10.1 Å². The number of methoxy groups -OCH3 is 1. The zero-order valence-corrected chi connectivity index (χ0v) is 12.9. The summed E-state index contributed by atoms with van der Waals surface area (Å²) in [6.45, 7) is 4.24. The van der Waals surface area contributed by atoms with Crippen LogP contribution in [0.15, 0.2) is 36.4 Å². The van der Waals surface area contributed by atoms with Crippen LogP contribution in [0, 0.1) is 23.7 Å². The maximum Gasteiger partial charge on any atom is 0.224 e. The number of carbonyl (C=O) groups excluding carboxylic acids is 1. The van der Waals surface area contributed by atoms with Gasteiger partial charge in [0.05, 0.1) is 13.2 Å². The van der Waals surface area contributed by atoms with Crippen LogP contribution in [0.1, 0.15) is 31.9 Å². The number of nitrogens with one attached hydrogen (secondary N) is 1. The first kappa shape index (κ1) is 14.2. The van der Waals surface area contributed by atoms with E-state index in [1.165, 1.54) is 0 Å². The first-order valence-electron chi connectivity index (χ1n) is 7.73. The summed E-state index contributed by atoms with van der Waals surface area (Å²) in [7, 11) is 1.66. The van der Waals surface area contributed by atoms with Crippen molar-refractivity contribution in [1.29, 1.82) is 0 Å². The van der Waals surface area contributed by atoms with Crippen LogP contribution >= 0.6 is 0 Å². The van der Waals surface area contributed by atoms with Crippen LogP contribution in [0.5, 0.6) is 5.75 Å². The molecule has 0 spiro atoms. The van der Waals surface area contributed by atoms with E-state index in [1.807, 2.05) is 31.2 Å². The van der Waals surface area contributed by atoms with Crippen molar-refractivity contribution in [3.05, 3.63) is 42.0 Å². The lowest BCUT2D eigenvalue weighted by molar-refractivity contribution is -0.127. The molecule has 1 unspecified atom stereocenters. The summed E-state index contributed by atoms with van der Waals surface area (Å²) < 4.78 is 5.16. The lowest BCUT2D eigenvalue weighted by Gasteiger charge is -2.26. The fourth-order valence-electron chi connectivity index (χ4n) is 3.79. The molecule has 1 aromatic carbocycles. The van der Waals surface area contributed by atoms with Crippen molar-refractivity contribution in [2.75, 3.05) is 7.11 Å². The molecule has 1 amide bonds. The molecule has 5 atom stereocenters. The van der Waals surface area contributed by atoms with Gasteiger partial charge in [-0.25, -0.2) is 0 Å². The van der Waals surface area contributed by atoms with Crippen LogP contribution in [-0.2, 0) is 4.79 Å². The van der Waals surface area contributed by atoms with Crippen LogP contribution in [0.2, 0.25) is 0 Å². The van der Waals surface area contributed by atoms with Gasteiger partial charge in [0.25, 0.3) is 0 Å². The van der Waals surface area contributed by atoms with Gasteiger partial charge in [0.15, 0.2) is 0 Å². The van der Waals surface area contributed by atoms with Crippen molar-refractivity contribution in [3.8, 4) is 5.75 Å². The first-order chi connectivity index (χ1) is 10.1. The Morgan fingerprint density at radius 3 is 2.48 bits per heavy atom. The summed E-state index contributed by atoms with van der Waals surface area (Å²) in [4.78, 5) is 12.6. The number of hydrogen-bond donors (Lipinski definition) is 1. The van der Waals surface area contributed by atoms with Gasteiger partial charge in [-0.05, 0) is 48.8 Å². The highest BCUT2D eigenvalue weighted by atomic mass is 16.5. The van der Waals surface area contributed by atoms with Gasteiger partial charge in [-0.1, -0.05) is 31.2 Å². The second-order valence-electron chi connectivity index (χ2n) is 6.34. The molecular formula is C18H23NO2. The molecule has 21 heavy (non-hydrogen) atoms. The summed E-state index contributed by atoms with van der Waals surface area (Å²) in [6, 6.07) is 7.91. The number of benzene rings is 1. The summed E-state index contributed by atoms with van der Waals surface area (Å²) in [5, 5.41) is 3.18. The van der Waals surface area contributed by atoms with Gasteiger partial charge in [0.2, 0.25) is 5.91 Å². The highest BCUT2D eigenvalue weighted by Gasteiger charge is 2.45. The maximum atomic E-state index is 12.6. The minimum absolute atomic E-state index is 0.0266. The lowest BCUT2D eigenvalue weighted by Crippen LogP contribution is -2.37. The molecule has 0 heterocycles. The molecule has 2 aliphatic carbocycles. The number of ether oxygens (including phenoxy) is 1. The van der Waals surface area contributed by atoms with Crippen LogP contribution in [0.3, 0.4) is 0 Å². The molecule has 0 aromatic heterocycles. The molecule has 1 N–H and O–H groups in total. The Labute approximate surface area is 126 Å². The number of carbonyl (C=O) groups is 1. The predicted molar refractivity (Wildman–Crippen MR) is 82.9 cm³/mol. The standard InChI is InChI=1S/C18H23NO2/c1-11-14-4-5-15(10-14)17(11)18(20)19-12(2)13-6-8-16(21-3)9-7-13/h4-9,11-12,14-15,17H,10H2,1-3H3,(H,19,20)/t11-,12+,14+,15-,17?/m0/s1. The molecule has 1 fully saturated rings. The average molecular weight is 285 g/mol. The second-order valence-corrected chi connectivity index (χ2v) is 6.34. The van der Waals surface area contributed by atoms with E-state index >= 15 is 0 Å². The molecule has 0 saturated heterocycles. The van der Waals surface area contributed by atoms with E-state index in [2.05, 4.69) is 24.4 Å². The second kappa shape index (κ2) is 5.55. The molecule has 3 nitrogen and oxygen atoms in total. The topological polar surface area (TPSA) is 38.3 Å². The molecule has 3 heteroatoms. The predicted octanol–water partition coefficient (Wildman–Crippen LogP) is 3.33. The lowest BCUT2D eigenvalue weighted by atomic mass is 9.83. The third kappa shape index (κ3) is 2.57. The van der Waals surface area contributed by atoms with Crippen LogP contribution in [0.4, 0.5) is 0 Å². The average Bonchev–Trinajstić information content (AvgIpc) is 3.08. The van der Waals surface area contributed by atoms with Gasteiger partial charge in [-0.2, -0.15) is 0 Å². The van der Waals surface area contributed by atoms with E-state index < -0.39 is 0 Å². The van der Waals surface area contributed by atoms with Crippen molar-refractivity contribution in [1.82, 2.24) is 5.32 Å². The molecule has 0 aliphatic heterocycles. The Kier molecular flexibility index (Phi) is 3.75. The smallest absolute Gasteiger partial charge is 0.224 e. The van der Waals surface area contributed by atoms with E-state index in [1.54, 1.807) is 7.11 Å². The molecule has 1 saturated carbocycles. The monoisotopic (exact) mass is 285 g/mol. The Bertz CT molecular complexity index is 549. The fourth-order valence-corrected chi connectivity index (χ4v) is 3.79. The van der Waals surface area contributed by atoms with Gasteiger partial charge in [-0.3, -0.25) is 4.79 Å². The molecule has 3 rings (SSSR count). The fraction of sp³-hybridized carbons (Fsp3) is 0.500.